The van der Waals surface area contributed by atoms with Crippen LogP contribution in [0.15, 0.2) is 24.3 Å². The molecule has 1 saturated heterocycles. The van der Waals surface area contributed by atoms with E-state index >= 15 is 0 Å². The average molecular weight is 312 g/mol. The Bertz CT molecular complexity index is 450. The largest absolute Gasteiger partial charge is 0.493 e. The fourth-order valence-electron chi connectivity index (χ4n) is 2.84. The van der Waals surface area contributed by atoms with E-state index in [2.05, 4.69) is 11.8 Å². The van der Waals surface area contributed by atoms with Gasteiger partial charge >= 0.3 is 0 Å². The highest BCUT2D eigenvalue weighted by atomic mass is 35.5. The summed E-state index contributed by atoms with van der Waals surface area (Å²) in [7, 11) is 0. The zero-order valence-corrected chi connectivity index (χ0v) is 13.8. The molecule has 1 aromatic carbocycles. The van der Waals surface area contributed by atoms with Crippen LogP contribution in [-0.2, 0) is 0 Å². The molecule has 0 aliphatic carbocycles. The summed E-state index contributed by atoms with van der Waals surface area (Å²) in [4.78, 5) is 14.0. The standard InChI is InChI=1S/C17H25NO2.ClH/c1-14-7-5-10-18(13-14)11-6-12-20-17-9-4-3-8-16(17)15(2)19;/h3-4,8-9,14H,5-7,10-13H2,1-2H3;1H. The predicted octanol–water partition coefficient (Wildman–Crippen LogP) is 3.81. The SMILES string of the molecule is CC(=O)c1ccccc1OCCCN1CCCC(C)C1.Cl. The maximum absolute atomic E-state index is 11.5. The van der Waals surface area contributed by atoms with Crippen LogP contribution in [0.4, 0.5) is 0 Å². The number of ketones is 1. The Morgan fingerprint density at radius 1 is 1.38 bits per heavy atom. The second-order valence-electron chi connectivity index (χ2n) is 5.80. The molecule has 0 spiro atoms. The summed E-state index contributed by atoms with van der Waals surface area (Å²) in [5.74, 6) is 1.60. The minimum absolute atomic E-state index is 0. The minimum Gasteiger partial charge on any atom is -0.493 e. The summed E-state index contributed by atoms with van der Waals surface area (Å²) in [5, 5.41) is 0. The first-order chi connectivity index (χ1) is 9.66. The topological polar surface area (TPSA) is 29.5 Å². The van der Waals surface area contributed by atoms with Crippen LogP contribution in [0.2, 0.25) is 0 Å². The van der Waals surface area contributed by atoms with Gasteiger partial charge in [0, 0.05) is 13.1 Å². The Kier molecular flexibility index (Phi) is 7.76. The predicted molar refractivity (Wildman–Crippen MR) is 88.6 cm³/mol. The lowest BCUT2D eigenvalue weighted by Crippen LogP contribution is -2.35. The van der Waals surface area contributed by atoms with Crippen LogP contribution < -0.4 is 4.74 Å². The quantitative estimate of drug-likeness (QED) is 0.591. The molecule has 1 aromatic rings. The maximum atomic E-state index is 11.5. The Morgan fingerprint density at radius 3 is 2.86 bits per heavy atom. The fraction of sp³-hybridized carbons (Fsp3) is 0.588. The zero-order chi connectivity index (χ0) is 14.4. The number of hydrogen-bond acceptors (Lipinski definition) is 3. The lowest BCUT2D eigenvalue weighted by molar-refractivity contribution is 0.101. The van der Waals surface area contributed by atoms with Crippen molar-refractivity contribution in [1.82, 2.24) is 4.90 Å². The summed E-state index contributed by atoms with van der Waals surface area (Å²) >= 11 is 0. The Hall–Kier alpha value is -1.06. The van der Waals surface area contributed by atoms with Crippen molar-refractivity contribution >= 4 is 18.2 Å². The van der Waals surface area contributed by atoms with Crippen LogP contribution in [-0.4, -0.2) is 36.9 Å². The molecule has 0 saturated carbocycles. The van der Waals surface area contributed by atoms with E-state index in [0.29, 0.717) is 17.9 Å². The third-order valence-corrected chi connectivity index (χ3v) is 3.88. The summed E-state index contributed by atoms with van der Waals surface area (Å²) in [6.07, 6.45) is 3.69. The highest BCUT2D eigenvalue weighted by Gasteiger charge is 2.15. The molecule has 0 N–H and O–H groups in total. The molecule has 4 heteroatoms. The molecule has 1 unspecified atom stereocenters. The van der Waals surface area contributed by atoms with E-state index < -0.39 is 0 Å². The van der Waals surface area contributed by atoms with Crippen molar-refractivity contribution in [3.05, 3.63) is 29.8 Å². The number of nitrogens with zero attached hydrogens (tertiary/aromatic N) is 1. The van der Waals surface area contributed by atoms with Crippen molar-refractivity contribution in [2.24, 2.45) is 5.92 Å². The number of halogens is 1. The lowest BCUT2D eigenvalue weighted by Gasteiger charge is -2.30. The van der Waals surface area contributed by atoms with Crippen molar-refractivity contribution in [3.63, 3.8) is 0 Å². The van der Waals surface area contributed by atoms with E-state index in [1.165, 1.54) is 25.9 Å². The molecule has 0 aromatic heterocycles. The molecule has 1 atom stereocenters. The fourth-order valence-corrected chi connectivity index (χ4v) is 2.84. The number of benzene rings is 1. The van der Waals surface area contributed by atoms with E-state index in [-0.39, 0.29) is 18.2 Å². The summed E-state index contributed by atoms with van der Waals surface area (Å²) in [6.45, 7) is 8.10. The molecule has 0 bridgehead atoms. The van der Waals surface area contributed by atoms with Gasteiger partial charge in [0.1, 0.15) is 5.75 Å². The molecular formula is C17H26ClNO2. The second-order valence-corrected chi connectivity index (χ2v) is 5.80. The molecule has 1 aliphatic rings. The van der Waals surface area contributed by atoms with Gasteiger partial charge in [-0.25, -0.2) is 0 Å². The summed E-state index contributed by atoms with van der Waals surface area (Å²) in [5.41, 5.74) is 0.680. The highest BCUT2D eigenvalue weighted by molar-refractivity contribution is 5.96. The van der Waals surface area contributed by atoms with Gasteiger partial charge in [-0.3, -0.25) is 4.79 Å². The van der Waals surface area contributed by atoms with Crippen LogP contribution in [0, 0.1) is 5.92 Å². The van der Waals surface area contributed by atoms with Gasteiger partial charge in [-0.05, 0) is 50.8 Å². The second kappa shape index (κ2) is 9.06. The van der Waals surface area contributed by atoms with E-state index in [1.807, 2.05) is 24.3 Å². The Balaban J connectivity index is 0.00000220. The number of para-hydroxylation sites is 1. The van der Waals surface area contributed by atoms with Gasteiger partial charge in [-0.1, -0.05) is 19.1 Å². The minimum atomic E-state index is 0. The Morgan fingerprint density at radius 2 is 2.14 bits per heavy atom. The van der Waals surface area contributed by atoms with Gasteiger partial charge in [-0.15, -0.1) is 12.4 Å². The van der Waals surface area contributed by atoms with Gasteiger partial charge in [0.05, 0.1) is 12.2 Å². The summed E-state index contributed by atoms with van der Waals surface area (Å²) < 4.78 is 5.77. The number of Topliss-reactive ketones (excluding diaryl/α,β-unsaturated/α-hetero) is 1. The van der Waals surface area contributed by atoms with Crippen molar-refractivity contribution in [2.75, 3.05) is 26.2 Å². The molecule has 118 valence electrons. The molecule has 3 nitrogen and oxygen atoms in total. The van der Waals surface area contributed by atoms with Gasteiger partial charge in [0.25, 0.3) is 0 Å². The van der Waals surface area contributed by atoms with Crippen LogP contribution in [0.3, 0.4) is 0 Å². The molecule has 2 rings (SSSR count). The zero-order valence-electron chi connectivity index (χ0n) is 13.0. The number of hydrogen-bond donors (Lipinski definition) is 0. The van der Waals surface area contributed by atoms with Crippen molar-refractivity contribution < 1.29 is 9.53 Å². The van der Waals surface area contributed by atoms with Crippen LogP contribution in [0.1, 0.15) is 43.5 Å². The first kappa shape index (κ1) is 18.0. The van der Waals surface area contributed by atoms with Crippen LogP contribution >= 0.6 is 12.4 Å². The molecule has 1 heterocycles. The molecule has 0 amide bonds. The average Bonchev–Trinajstić information content (AvgIpc) is 2.44. The normalized spacial score (nSPS) is 18.9. The Labute approximate surface area is 134 Å². The van der Waals surface area contributed by atoms with E-state index in [0.717, 1.165) is 18.9 Å². The first-order valence-corrected chi connectivity index (χ1v) is 7.62. The first-order valence-electron chi connectivity index (χ1n) is 7.62. The monoisotopic (exact) mass is 311 g/mol. The van der Waals surface area contributed by atoms with Gasteiger partial charge < -0.3 is 9.64 Å². The van der Waals surface area contributed by atoms with Gasteiger partial charge in [0.2, 0.25) is 0 Å². The molecular weight excluding hydrogens is 286 g/mol. The number of ether oxygens (including phenoxy) is 1. The third kappa shape index (κ3) is 5.68. The lowest BCUT2D eigenvalue weighted by atomic mass is 10.0. The number of likely N-dealkylation sites (tertiary alicyclic amines) is 1. The van der Waals surface area contributed by atoms with Crippen molar-refractivity contribution in [1.29, 1.82) is 0 Å². The third-order valence-electron chi connectivity index (χ3n) is 3.88. The smallest absolute Gasteiger partial charge is 0.163 e. The van der Waals surface area contributed by atoms with Crippen molar-refractivity contribution in [2.45, 2.75) is 33.1 Å². The molecule has 0 radical (unpaired) electrons. The summed E-state index contributed by atoms with van der Waals surface area (Å²) in [6, 6.07) is 7.48. The molecule has 21 heavy (non-hydrogen) atoms. The van der Waals surface area contributed by atoms with E-state index in [1.54, 1.807) is 6.92 Å². The highest BCUT2D eigenvalue weighted by Crippen LogP contribution is 2.19. The van der Waals surface area contributed by atoms with Crippen LogP contribution in [0.25, 0.3) is 0 Å². The van der Waals surface area contributed by atoms with Crippen LogP contribution in [0.5, 0.6) is 5.75 Å². The molecule has 1 aliphatic heterocycles. The van der Waals surface area contributed by atoms with Gasteiger partial charge in [0.15, 0.2) is 5.78 Å². The number of rotatable bonds is 6. The number of carbonyl (C=O) groups is 1. The van der Waals surface area contributed by atoms with Gasteiger partial charge in [-0.2, -0.15) is 0 Å². The van der Waals surface area contributed by atoms with E-state index in [4.69, 9.17) is 4.74 Å². The van der Waals surface area contributed by atoms with Crippen molar-refractivity contribution in [3.8, 4) is 5.75 Å². The number of piperidine rings is 1. The number of carbonyl (C=O) groups excluding carboxylic acids is 1. The molecule has 1 fully saturated rings. The van der Waals surface area contributed by atoms with E-state index in [9.17, 15) is 4.79 Å². The maximum Gasteiger partial charge on any atom is 0.163 e.